The summed E-state index contributed by atoms with van der Waals surface area (Å²) in [5, 5.41) is 13.8. The maximum absolute atomic E-state index is 12.6. The summed E-state index contributed by atoms with van der Waals surface area (Å²) in [4.78, 5) is 23.9. The summed E-state index contributed by atoms with van der Waals surface area (Å²) in [6, 6.07) is 13.1. The van der Waals surface area contributed by atoms with Crippen molar-refractivity contribution in [3.63, 3.8) is 0 Å². The van der Waals surface area contributed by atoms with Gasteiger partial charge in [-0.25, -0.2) is 8.42 Å². The van der Waals surface area contributed by atoms with Crippen LogP contribution in [0.1, 0.15) is 15.9 Å². The fourth-order valence-corrected chi connectivity index (χ4v) is 4.41. The van der Waals surface area contributed by atoms with Crippen molar-refractivity contribution in [3.05, 3.63) is 65.7 Å². The van der Waals surface area contributed by atoms with Crippen LogP contribution in [0.25, 0.3) is 0 Å². The molecule has 0 aliphatic carbocycles. The number of ether oxygens (including phenoxy) is 1. The fraction of sp³-hybridized carbons (Fsp3) is 0.300. The quantitative estimate of drug-likeness (QED) is 0.667. The Morgan fingerprint density at radius 1 is 1.03 bits per heavy atom. The fourth-order valence-electron chi connectivity index (χ4n) is 3.00. The van der Waals surface area contributed by atoms with Crippen LogP contribution in [-0.4, -0.2) is 56.9 Å². The summed E-state index contributed by atoms with van der Waals surface area (Å²) in [5.74, 6) is -2.01. The van der Waals surface area contributed by atoms with Crippen molar-refractivity contribution in [2.45, 2.75) is 17.4 Å². The number of hydrogen-bond acceptors (Lipinski definition) is 6. The zero-order valence-electron chi connectivity index (χ0n) is 15.6. The van der Waals surface area contributed by atoms with Gasteiger partial charge in [-0.05, 0) is 36.2 Å². The van der Waals surface area contributed by atoms with Crippen molar-refractivity contribution in [2.75, 3.05) is 26.3 Å². The molecule has 1 aliphatic rings. The molecule has 1 fully saturated rings. The van der Waals surface area contributed by atoms with Crippen LogP contribution in [0.15, 0.2) is 59.5 Å². The van der Waals surface area contributed by atoms with Gasteiger partial charge in [-0.3, -0.25) is 4.79 Å². The Labute approximate surface area is 169 Å². The molecule has 1 N–H and O–H groups in total. The van der Waals surface area contributed by atoms with Crippen LogP contribution >= 0.6 is 0 Å². The average molecular weight is 417 g/mol. The van der Waals surface area contributed by atoms with Crippen LogP contribution in [0.4, 0.5) is 0 Å². The van der Waals surface area contributed by atoms with E-state index in [1.54, 1.807) is 24.3 Å². The number of sulfonamides is 1. The summed E-state index contributed by atoms with van der Waals surface area (Å²) in [6.45, 7) is 1.23. The van der Waals surface area contributed by atoms with E-state index in [1.165, 1.54) is 28.6 Å². The van der Waals surface area contributed by atoms with Crippen LogP contribution in [0.3, 0.4) is 0 Å². The second kappa shape index (κ2) is 9.17. The van der Waals surface area contributed by atoms with Crippen LogP contribution in [-0.2, 0) is 26.0 Å². The molecular formula is C20H21N2O6S-. The minimum Gasteiger partial charge on any atom is -0.548 e. The minimum absolute atomic E-state index is 0.0664. The van der Waals surface area contributed by atoms with E-state index >= 15 is 0 Å². The average Bonchev–Trinajstić information content (AvgIpc) is 2.74. The number of hydrogen-bond donors (Lipinski definition) is 1. The topological polar surface area (TPSA) is 116 Å². The molecule has 154 valence electrons. The van der Waals surface area contributed by atoms with Crippen LogP contribution < -0.4 is 10.4 Å². The van der Waals surface area contributed by atoms with Gasteiger partial charge in [0.15, 0.2) is 0 Å². The molecule has 0 spiro atoms. The Kier molecular flexibility index (Phi) is 6.63. The molecular weight excluding hydrogens is 396 g/mol. The molecule has 1 saturated heterocycles. The van der Waals surface area contributed by atoms with Crippen molar-refractivity contribution in [1.82, 2.24) is 9.62 Å². The molecule has 8 nitrogen and oxygen atoms in total. The Bertz CT molecular complexity index is 954. The summed E-state index contributed by atoms with van der Waals surface area (Å²) < 4.78 is 31.7. The zero-order valence-corrected chi connectivity index (χ0v) is 16.4. The molecule has 1 atom stereocenters. The van der Waals surface area contributed by atoms with E-state index in [1.807, 2.05) is 6.07 Å². The lowest BCUT2D eigenvalue weighted by molar-refractivity contribution is -0.308. The zero-order chi connectivity index (χ0) is 20.9. The van der Waals surface area contributed by atoms with Crippen molar-refractivity contribution in [3.8, 4) is 0 Å². The normalized spacial score (nSPS) is 16.1. The number of morpholine rings is 1. The van der Waals surface area contributed by atoms with E-state index in [2.05, 4.69) is 5.32 Å². The third-order valence-electron chi connectivity index (χ3n) is 4.60. The van der Waals surface area contributed by atoms with Crippen molar-refractivity contribution >= 4 is 21.9 Å². The first-order valence-corrected chi connectivity index (χ1v) is 10.6. The molecule has 2 aromatic rings. The van der Waals surface area contributed by atoms with Gasteiger partial charge in [-0.15, -0.1) is 0 Å². The van der Waals surface area contributed by atoms with Crippen molar-refractivity contribution in [2.24, 2.45) is 0 Å². The number of nitrogens with one attached hydrogen (secondary N) is 1. The van der Waals surface area contributed by atoms with Gasteiger partial charge in [0.1, 0.15) is 0 Å². The molecule has 2 aromatic carbocycles. The smallest absolute Gasteiger partial charge is 0.251 e. The van der Waals surface area contributed by atoms with E-state index in [0.717, 1.165) is 5.56 Å². The molecule has 9 heteroatoms. The Morgan fingerprint density at radius 3 is 2.24 bits per heavy atom. The van der Waals surface area contributed by atoms with Gasteiger partial charge in [0.05, 0.1) is 30.1 Å². The minimum atomic E-state index is -3.66. The number of aliphatic carboxylic acids is 1. The standard InChI is InChI=1S/C20H22N2O6S/c23-19(21-18(20(24)25)14-15-4-2-1-3-5-15)16-6-8-17(9-7-16)29(26,27)22-10-12-28-13-11-22/h1-9,18H,10-14H2,(H,21,23)(H,24,25)/p-1/t18-/m1/s1. The van der Waals surface area contributed by atoms with E-state index in [0.29, 0.717) is 13.2 Å². The summed E-state index contributed by atoms with van der Waals surface area (Å²) >= 11 is 0. The van der Waals surface area contributed by atoms with Gasteiger partial charge in [-0.2, -0.15) is 4.31 Å². The number of nitrogens with zero attached hydrogens (tertiary/aromatic N) is 1. The molecule has 0 saturated carbocycles. The lowest BCUT2D eigenvalue weighted by Gasteiger charge is -2.26. The van der Waals surface area contributed by atoms with Gasteiger partial charge in [0.25, 0.3) is 5.91 Å². The second-order valence-electron chi connectivity index (χ2n) is 6.58. The molecule has 0 bridgehead atoms. The highest BCUT2D eigenvalue weighted by Crippen LogP contribution is 2.18. The monoisotopic (exact) mass is 417 g/mol. The lowest BCUT2D eigenvalue weighted by Crippen LogP contribution is -2.49. The molecule has 29 heavy (non-hydrogen) atoms. The first-order chi connectivity index (χ1) is 13.9. The van der Waals surface area contributed by atoms with Crippen molar-refractivity contribution < 1.29 is 27.9 Å². The molecule has 1 amide bonds. The second-order valence-corrected chi connectivity index (χ2v) is 8.51. The maximum Gasteiger partial charge on any atom is 0.251 e. The molecule has 0 unspecified atom stereocenters. The molecule has 3 rings (SSSR count). The number of carbonyl (C=O) groups excluding carboxylic acids is 2. The highest BCUT2D eigenvalue weighted by Gasteiger charge is 2.26. The SMILES string of the molecule is O=C(N[C@H](Cc1ccccc1)C(=O)[O-])c1ccc(S(=O)(=O)N2CCOCC2)cc1. The summed E-state index contributed by atoms with van der Waals surface area (Å²) in [5.41, 5.74) is 0.902. The maximum atomic E-state index is 12.6. The van der Waals surface area contributed by atoms with E-state index in [-0.39, 0.29) is 30.0 Å². The Balaban J connectivity index is 1.69. The number of carbonyl (C=O) groups is 2. The van der Waals surface area contributed by atoms with Crippen molar-refractivity contribution in [1.29, 1.82) is 0 Å². The van der Waals surface area contributed by atoms with Gasteiger partial charge in [-0.1, -0.05) is 30.3 Å². The Hall–Kier alpha value is -2.75. The van der Waals surface area contributed by atoms with E-state index < -0.39 is 27.9 Å². The third kappa shape index (κ3) is 5.20. The highest BCUT2D eigenvalue weighted by atomic mass is 32.2. The van der Waals surface area contributed by atoms with Gasteiger partial charge >= 0.3 is 0 Å². The largest absolute Gasteiger partial charge is 0.548 e. The first-order valence-electron chi connectivity index (χ1n) is 9.11. The van der Waals surface area contributed by atoms with Gasteiger partial charge in [0, 0.05) is 18.7 Å². The van der Waals surface area contributed by atoms with Crippen LogP contribution in [0.2, 0.25) is 0 Å². The Morgan fingerprint density at radius 2 is 1.66 bits per heavy atom. The molecule has 1 aliphatic heterocycles. The first kappa shape index (κ1) is 21.0. The van der Waals surface area contributed by atoms with Crippen LogP contribution in [0, 0.1) is 0 Å². The molecule has 0 aromatic heterocycles. The number of carboxylic acids is 1. The predicted molar refractivity (Wildman–Crippen MR) is 102 cm³/mol. The number of benzene rings is 2. The molecule has 0 radical (unpaired) electrons. The molecule has 1 heterocycles. The van der Waals surface area contributed by atoms with Gasteiger partial charge in [0.2, 0.25) is 10.0 Å². The number of rotatable bonds is 7. The van der Waals surface area contributed by atoms with Crippen LogP contribution in [0.5, 0.6) is 0 Å². The van der Waals surface area contributed by atoms with Gasteiger partial charge < -0.3 is 20.0 Å². The number of carboxylic acid groups (broad SMARTS) is 1. The van der Waals surface area contributed by atoms with E-state index in [4.69, 9.17) is 4.74 Å². The summed E-state index contributed by atoms with van der Waals surface area (Å²) in [6.07, 6.45) is 0.0818. The van der Waals surface area contributed by atoms with E-state index in [9.17, 15) is 23.1 Å². The third-order valence-corrected chi connectivity index (χ3v) is 6.51. The summed E-state index contributed by atoms with van der Waals surface area (Å²) in [7, 11) is -3.66. The highest BCUT2D eigenvalue weighted by molar-refractivity contribution is 7.89. The lowest BCUT2D eigenvalue weighted by atomic mass is 10.1. The predicted octanol–water partition coefficient (Wildman–Crippen LogP) is -0.201. The number of amides is 1.